The summed E-state index contributed by atoms with van der Waals surface area (Å²) in [7, 11) is 0. The fourth-order valence-corrected chi connectivity index (χ4v) is 5.01. The number of aliphatic hydroxyl groups is 1. The second-order valence-electron chi connectivity index (χ2n) is 10.4. The van der Waals surface area contributed by atoms with Crippen LogP contribution in [0.3, 0.4) is 0 Å². The van der Waals surface area contributed by atoms with E-state index in [-0.39, 0.29) is 25.5 Å². The molecular formula is C34H32F3N3O4. The number of ether oxygens (including phenoxy) is 2. The lowest BCUT2D eigenvalue weighted by molar-refractivity contribution is -0.137. The second kappa shape index (κ2) is 13.7. The quantitative estimate of drug-likeness (QED) is 0.141. The third-order valence-electron chi connectivity index (χ3n) is 7.20. The Bertz CT molecular complexity index is 1560. The first-order chi connectivity index (χ1) is 21.3. The first-order valence-corrected chi connectivity index (χ1v) is 14.2. The normalized spacial score (nSPS) is 17.9. The van der Waals surface area contributed by atoms with Crippen LogP contribution in [0.2, 0.25) is 0 Å². The lowest BCUT2D eigenvalue weighted by Crippen LogP contribution is -2.53. The number of nitrogens with zero attached hydrogens (tertiary/aromatic N) is 1. The van der Waals surface area contributed by atoms with Crippen molar-refractivity contribution < 1.29 is 32.5 Å². The monoisotopic (exact) mass is 603 g/mol. The van der Waals surface area contributed by atoms with Crippen molar-refractivity contribution in [1.29, 1.82) is 0 Å². The van der Waals surface area contributed by atoms with Gasteiger partial charge in [0.15, 0.2) is 11.6 Å². The average Bonchev–Trinajstić information content (AvgIpc) is 3.42. The highest BCUT2D eigenvalue weighted by molar-refractivity contribution is 6.01. The largest absolute Gasteiger partial charge is 0.494 e. The fraction of sp³-hybridized carbons (Fsp3) is 0.235. The van der Waals surface area contributed by atoms with E-state index in [1.807, 2.05) is 60.7 Å². The summed E-state index contributed by atoms with van der Waals surface area (Å²) >= 11 is 0. The maximum Gasteiger partial charge on any atom is 0.416 e. The van der Waals surface area contributed by atoms with Gasteiger partial charge in [0.2, 0.25) is 5.90 Å². The number of carbonyl (C=O) groups excluding carboxylic acids is 1. The molecule has 4 aromatic rings. The van der Waals surface area contributed by atoms with E-state index in [1.54, 1.807) is 30.3 Å². The zero-order chi connectivity index (χ0) is 31.0. The van der Waals surface area contributed by atoms with Gasteiger partial charge in [0, 0.05) is 31.6 Å². The number of nitrogens with one attached hydrogen (secondary N) is 2. The van der Waals surface area contributed by atoms with Gasteiger partial charge >= 0.3 is 6.18 Å². The molecular weight excluding hydrogens is 571 g/mol. The highest BCUT2D eigenvalue weighted by Gasteiger charge is 2.53. The van der Waals surface area contributed by atoms with Crippen molar-refractivity contribution in [2.45, 2.75) is 37.2 Å². The Morgan fingerprint density at radius 3 is 2.27 bits per heavy atom. The van der Waals surface area contributed by atoms with Crippen LogP contribution >= 0.6 is 0 Å². The predicted octanol–water partition coefficient (Wildman–Crippen LogP) is 5.79. The summed E-state index contributed by atoms with van der Waals surface area (Å²) in [5.41, 5.74) is 5.85. The summed E-state index contributed by atoms with van der Waals surface area (Å²) in [4.78, 5) is 19.1. The summed E-state index contributed by atoms with van der Waals surface area (Å²) in [6.07, 6.45) is -4.58. The Labute approximate surface area is 253 Å². The van der Waals surface area contributed by atoms with Crippen LogP contribution in [0.25, 0.3) is 0 Å². The Balaban J connectivity index is 1.46. The number of rotatable bonds is 12. The molecule has 0 aliphatic carbocycles. The number of hydrogen-bond donors (Lipinski definition) is 3. The zero-order valence-electron chi connectivity index (χ0n) is 23.8. The lowest BCUT2D eigenvalue weighted by Gasteiger charge is -2.31. The molecule has 228 valence electrons. The van der Waals surface area contributed by atoms with Crippen molar-refractivity contribution in [3.05, 3.63) is 137 Å². The molecule has 0 radical (unpaired) electrons. The second-order valence-corrected chi connectivity index (χ2v) is 10.4. The fourth-order valence-electron chi connectivity index (χ4n) is 5.01. The third kappa shape index (κ3) is 7.27. The molecule has 0 fully saturated rings. The number of halogens is 3. The van der Waals surface area contributed by atoms with Gasteiger partial charge in [-0.25, -0.2) is 10.4 Å². The van der Waals surface area contributed by atoms with Crippen LogP contribution in [0.5, 0.6) is 5.75 Å². The van der Waals surface area contributed by atoms with E-state index in [2.05, 4.69) is 10.9 Å². The number of benzene rings is 4. The van der Waals surface area contributed by atoms with Gasteiger partial charge in [-0.05, 0) is 47.0 Å². The molecule has 0 saturated carbocycles. The number of carbonyl (C=O) groups is 1. The summed E-state index contributed by atoms with van der Waals surface area (Å²) < 4.78 is 51.8. The summed E-state index contributed by atoms with van der Waals surface area (Å²) in [6.45, 7) is 0.365. The SMILES string of the molecule is O=C(NNCc1cccc(C(F)(F)F)c1)[C@@]1(Cc2ccccc2)N=C(c2ccc(OCCCO)cc2)O[C@H]1c1ccccc1. The van der Waals surface area contributed by atoms with Gasteiger partial charge in [-0.3, -0.25) is 10.2 Å². The Morgan fingerprint density at radius 1 is 0.909 bits per heavy atom. The van der Waals surface area contributed by atoms with E-state index in [0.717, 1.165) is 23.3 Å². The molecule has 0 spiro atoms. The zero-order valence-corrected chi connectivity index (χ0v) is 23.8. The van der Waals surface area contributed by atoms with Gasteiger partial charge < -0.3 is 14.6 Å². The van der Waals surface area contributed by atoms with E-state index >= 15 is 0 Å². The average molecular weight is 604 g/mol. The maximum absolute atomic E-state index is 14.2. The molecule has 4 aromatic carbocycles. The van der Waals surface area contributed by atoms with Gasteiger partial charge in [0.05, 0.1) is 12.2 Å². The van der Waals surface area contributed by atoms with Crippen molar-refractivity contribution in [3.8, 4) is 5.75 Å². The van der Waals surface area contributed by atoms with Gasteiger partial charge in [0.25, 0.3) is 5.91 Å². The van der Waals surface area contributed by atoms with Crippen molar-refractivity contribution in [3.63, 3.8) is 0 Å². The van der Waals surface area contributed by atoms with Crippen LogP contribution < -0.4 is 15.6 Å². The molecule has 1 heterocycles. The van der Waals surface area contributed by atoms with Crippen molar-refractivity contribution in [2.24, 2.45) is 4.99 Å². The molecule has 10 heteroatoms. The van der Waals surface area contributed by atoms with Crippen LogP contribution in [0, 0.1) is 0 Å². The Morgan fingerprint density at radius 2 is 1.59 bits per heavy atom. The molecule has 1 amide bonds. The van der Waals surface area contributed by atoms with Crippen molar-refractivity contribution >= 4 is 11.8 Å². The summed E-state index contributed by atoms with van der Waals surface area (Å²) in [6, 6.07) is 30.8. The number of alkyl halides is 3. The van der Waals surface area contributed by atoms with E-state index in [1.165, 1.54) is 6.07 Å². The Hall–Kier alpha value is -4.67. The van der Waals surface area contributed by atoms with Crippen molar-refractivity contribution in [2.75, 3.05) is 13.2 Å². The van der Waals surface area contributed by atoms with E-state index in [4.69, 9.17) is 19.6 Å². The minimum atomic E-state index is -4.47. The molecule has 44 heavy (non-hydrogen) atoms. The first kappa shape index (κ1) is 30.8. The number of hydrazine groups is 1. The molecule has 3 N–H and O–H groups in total. The third-order valence-corrected chi connectivity index (χ3v) is 7.20. The van der Waals surface area contributed by atoms with Crippen LogP contribution in [-0.2, 0) is 28.7 Å². The number of aliphatic imine (C=N–C) groups is 1. The minimum Gasteiger partial charge on any atom is -0.494 e. The number of aliphatic hydroxyl groups excluding tert-OH is 1. The Kier molecular flexibility index (Phi) is 9.62. The van der Waals surface area contributed by atoms with Crippen molar-refractivity contribution in [1.82, 2.24) is 10.9 Å². The molecule has 0 bridgehead atoms. The van der Waals surface area contributed by atoms with Crippen LogP contribution in [0.1, 0.15) is 40.3 Å². The number of amides is 1. The number of hydrogen-bond acceptors (Lipinski definition) is 6. The molecule has 1 aliphatic rings. The summed E-state index contributed by atoms with van der Waals surface area (Å²) in [5.74, 6) is 0.387. The lowest BCUT2D eigenvalue weighted by atomic mass is 9.82. The smallest absolute Gasteiger partial charge is 0.416 e. The topological polar surface area (TPSA) is 92.2 Å². The molecule has 2 atom stereocenters. The van der Waals surface area contributed by atoms with Crippen LogP contribution in [-0.4, -0.2) is 35.7 Å². The highest BCUT2D eigenvalue weighted by Crippen LogP contribution is 2.42. The van der Waals surface area contributed by atoms with Gasteiger partial charge in [0.1, 0.15) is 5.75 Å². The van der Waals surface area contributed by atoms with E-state index in [0.29, 0.717) is 29.9 Å². The predicted molar refractivity (Wildman–Crippen MR) is 160 cm³/mol. The standard InChI is InChI=1S/C34H32F3N3O4/c35-34(36,37)28-14-7-11-25(21-28)23-38-40-32(42)33(22-24-9-3-1-4-10-24)30(26-12-5-2-6-13-26)44-31(39-33)27-15-17-29(18-16-27)43-20-8-19-41/h1-7,9-18,21,30,38,41H,8,19-20,22-23H2,(H,40,42)/t30-,33-/m0/s1. The maximum atomic E-state index is 14.2. The minimum absolute atomic E-state index is 0.0317. The van der Waals surface area contributed by atoms with Gasteiger partial charge in [-0.2, -0.15) is 13.2 Å². The molecule has 0 unspecified atom stereocenters. The molecule has 1 aliphatic heterocycles. The molecule has 7 nitrogen and oxygen atoms in total. The molecule has 0 aromatic heterocycles. The van der Waals surface area contributed by atoms with Gasteiger partial charge in [-0.1, -0.05) is 78.9 Å². The van der Waals surface area contributed by atoms with E-state index < -0.39 is 29.3 Å². The van der Waals surface area contributed by atoms with Gasteiger partial charge in [-0.15, -0.1) is 0 Å². The van der Waals surface area contributed by atoms with E-state index in [9.17, 15) is 18.0 Å². The highest BCUT2D eigenvalue weighted by atomic mass is 19.4. The van der Waals surface area contributed by atoms with Crippen LogP contribution in [0.4, 0.5) is 13.2 Å². The molecule has 5 rings (SSSR count). The molecule has 0 saturated heterocycles. The first-order valence-electron chi connectivity index (χ1n) is 14.2. The summed E-state index contributed by atoms with van der Waals surface area (Å²) in [5, 5.41) is 9.01. The van der Waals surface area contributed by atoms with Crippen LogP contribution in [0.15, 0.2) is 114 Å².